The molecule has 98 valence electrons. The van der Waals surface area contributed by atoms with Crippen LogP contribution in [0.15, 0.2) is 18.2 Å². The molecule has 0 saturated carbocycles. The zero-order valence-corrected chi connectivity index (χ0v) is 9.90. The lowest BCUT2D eigenvalue weighted by molar-refractivity contribution is -0.138. The Kier molecular flexibility index (Phi) is 3.91. The van der Waals surface area contributed by atoms with Gasteiger partial charge in [0.05, 0.1) is 0 Å². The second-order valence-corrected chi connectivity index (χ2v) is 4.74. The fraction of sp³-hybridized carbons (Fsp3) is 0.462. The summed E-state index contributed by atoms with van der Waals surface area (Å²) in [5.74, 6) is -2.31. The third kappa shape index (κ3) is 3.26. The molecule has 1 aromatic carbocycles. The first kappa shape index (κ1) is 13.0. The van der Waals surface area contributed by atoms with E-state index in [0.29, 0.717) is 18.7 Å². The van der Waals surface area contributed by atoms with Crippen molar-refractivity contribution >= 4 is 5.97 Å². The van der Waals surface area contributed by atoms with Crippen LogP contribution in [0.3, 0.4) is 0 Å². The quantitative estimate of drug-likeness (QED) is 0.897. The molecule has 18 heavy (non-hydrogen) atoms. The highest BCUT2D eigenvalue weighted by Crippen LogP contribution is 2.21. The van der Waals surface area contributed by atoms with E-state index >= 15 is 0 Å². The van der Waals surface area contributed by atoms with Gasteiger partial charge in [-0.3, -0.25) is 9.69 Å². The fourth-order valence-electron chi connectivity index (χ4n) is 2.37. The van der Waals surface area contributed by atoms with Gasteiger partial charge in [0.2, 0.25) is 0 Å². The summed E-state index contributed by atoms with van der Waals surface area (Å²) in [5.41, 5.74) is 0.713. The number of hydrogen-bond acceptors (Lipinski definition) is 2. The van der Waals surface area contributed by atoms with Crippen LogP contribution in [0.2, 0.25) is 0 Å². The highest BCUT2D eigenvalue weighted by atomic mass is 19.2. The monoisotopic (exact) mass is 255 g/mol. The summed E-state index contributed by atoms with van der Waals surface area (Å²) in [6.07, 6.45) is 1.02. The first-order chi connectivity index (χ1) is 8.54. The molecule has 1 saturated heterocycles. The van der Waals surface area contributed by atoms with Crippen molar-refractivity contribution in [3.05, 3.63) is 35.4 Å². The SMILES string of the molecule is O=C(O)CC1CCN(Cc2ccc(F)c(F)c2)C1. The highest BCUT2D eigenvalue weighted by molar-refractivity contribution is 5.67. The fourth-order valence-corrected chi connectivity index (χ4v) is 2.37. The standard InChI is InChI=1S/C13H15F2NO2/c14-11-2-1-9(5-12(11)15)7-16-4-3-10(8-16)6-13(17)18/h1-2,5,10H,3-4,6-8H2,(H,17,18). The molecule has 0 aromatic heterocycles. The first-order valence-electron chi connectivity index (χ1n) is 5.92. The molecule has 1 aromatic rings. The third-order valence-electron chi connectivity index (χ3n) is 3.22. The van der Waals surface area contributed by atoms with Gasteiger partial charge in [-0.2, -0.15) is 0 Å². The van der Waals surface area contributed by atoms with Crippen molar-refractivity contribution in [1.29, 1.82) is 0 Å². The Morgan fingerprint density at radius 3 is 2.83 bits per heavy atom. The normalized spacial score (nSPS) is 20.2. The topological polar surface area (TPSA) is 40.5 Å². The average molecular weight is 255 g/mol. The maximum Gasteiger partial charge on any atom is 0.303 e. The maximum absolute atomic E-state index is 13.0. The molecule has 1 N–H and O–H groups in total. The Morgan fingerprint density at radius 1 is 1.39 bits per heavy atom. The van der Waals surface area contributed by atoms with Crippen LogP contribution in [0.5, 0.6) is 0 Å². The molecule has 1 atom stereocenters. The lowest BCUT2D eigenvalue weighted by atomic mass is 10.1. The molecule has 0 radical (unpaired) electrons. The van der Waals surface area contributed by atoms with Crippen LogP contribution < -0.4 is 0 Å². The van der Waals surface area contributed by atoms with Crippen molar-refractivity contribution in [2.24, 2.45) is 5.92 Å². The molecule has 1 aliphatic rings. The van der Waals surface area contributed by atoms with Crippen molar-refractivity contribution in [3.8, 4) is 0 Å². The third-order valence-corrected chi connectivity index (χ3v) is 3.22. The Hall–Kier alpha value is -1.49. The number of nitrogens with zero attached hydrogens (tertiary/aromatic N) is 1. The minimum absolute atomic E-state index is 0.160. The van der Waals surface area contributed by atoms with Crippen molar-refractivity contribution in [1.82, 2.24) is 4.90 Å². The number of aliphatic carboxylic acids is 1. The molecule has 1 fully saturated rings. The second-order valence-electron chi connectivity index (χ2n) is 4.74. The molecule has 5 heteroatoms. The lowest BCUT2D eigenvalue weighted by Crippen LogP contribution is -2.21. The smallest absolute Gasteiger partial charge is 0.303 e. The van der Waals surface area contributed by atoms with Crippen LogP contribution in [0, 0.1) is 17.6 Å². The molecular formula is C13H15F2NO2. The van der Waals surface area contributed by atoms with Gasteiger partial charge < -0.3 is 5.11 Å². The van der Waals surface area contributed by atoms with Crippen LogP contribution in [-0.4, -0.2) is 29.1 Å². The molecule has 1 unspecified atom stereocenters. The first-order valence-corrected chi connectivity index (χ1v) is 5.92. The Morgan fingerprint density at radius 2 is 2.17 bits per heavy atom. The van der Waals surface area contributed by atoms with Gasteiger partial charge in [0.1, 0.15) is 0 Å². The Bertz CT molecular complexity index is 451. The van der Waals surface area contributed by atoms with Crippen LogP contribution >= 0.6 is 0 Å². The van der Waals surface area contributed by atoms with E-state index in [9.17, 15) is 13.6 Å². The van der Waals surface area contributed by atoms with Gasteiger partial charge in [-0.25, -0.2) is 8.78 Å². The largest absolute Gasteiger partial charge is 0.481 e. The molecule has 1 aliphatic heterocycles. The molecule has 0 aliphatic carbocycles. The Labute approximate surface area is 104 Å². The van der Waals surface area contributed by atoms with Crippen LogP contribution in [0.1, 0.15) is 18.4 Å². The summed E-state index contributed by atoms with van der Waals surface area (Å²) in [5, 5.41) is 8.71. The number of hydrogen-bond donors (Lipinski definition) is 1. The second kappa shape index (κ2) is 5.44. The predicted molar refractivity (Wildman–Crippen MR) is 62.0 cm³/mol. The molecular weight excluding hydrogens is 240 g/mol. The van der Waals surface area contributed by atoms with Crippen molar-refractivity contribution < 1.29 is 18.7 Å². The van der Waals surface area contributed by atoms with Crippen LogP contribution in [0.25, 0.3) is 0 Å². The van der Waals surface area contributed by atoms with Gasteiger partial charge in [-0.15, -0.1) is 0 Å². The summed E-state index contributed by atoms with van der Waals surface area (Å²) in [4.78, 5) is 12.7. The van der Waals surface area contributed by atoms with E-state index in [1.807, 2.05) is 0 Å². The van der Waals surface area contributed by atoms with Crippen LogP contribution in [-0.2, 0) is 11.3 Å². The van der Waals surface area contributed by atoms with E-state index in [1.165, 1.54) is 6.07 Å². The van der Waals surface area contributed by atoms with Gasteiger partial charge in [0.15, 0.2) is 11.6 Å². The van der Waals surface area contributed by atoms with E-state index in [1.54, 1.807) is 6.07 Å². The number of carboxylic acid groups (broad SMARTS) is 1. The zero-order chi connectivity index (χ0) is 13.1. The highest BCUT2D eigenvalue weighted by Gasteiger charge is 2.24. The summed E-state index contributed by atoms with van der Waals surface area (Å²) in [6.45, 7) is 2.04. The number of halogens is 2. The summed E-state index contributed by atoms with van der Waals surface area (Å²) in [7, 11) is 0. The number of rotatable bonds is 4. The number of carboxylic acids is 1. The molecule has 0 spiro atoms. The molecule has 1 heterocycles. The number of carbonyl (C=O) groups is 1. The van der Waals surface area contributed by atoms with E-state index in [0.717, 1.165) is 19.0 Å². The predicted octanol–water partition coefficient (Wildman–Crippen LogP) is 2.26. The maximum atomic E-state index is 13.0. The van der Waals surface area contributed by atoms with Gasteiger partial charge in [-0.05, 0) is 36.6 Å². The minimum atomic E-state index is -0.844. The van der Waals surface area contributed by atoms with Crippen LogP contribution in [0.4, 0.5) is 8.78 Å². The molecule has 2 rings (SSSR count). The van der Waals surface area contributed by atoms with E-state index in [-0.39, 0.29) is 12.3 Å². The number of likely N-dealkylation sites (tertiary alicyclic amines) is 1. The van der Waals surface area contributed by atoms with Crippen molar-refractivity contribution in [2.75, 3.05) is 13.1 Å². The number of benzene rings is 1. The van der Waals surface area contributed by atoms with Crippen molar-refractivity contribution in [2.45, 2.75) is 19.4 Å². The summed E-state index contributed by atoms with van der Waals surface area (Å²) >= 11 is 0. The minimum Gasteiger partial charge on any atom is -0.481 e. The van der Waals surface area contributed by atoms with Gasteiger partial charge in [0, 0.05) is 19.5 Å². The van der Waals surface area contributed by atoms with Gasteiger partial charge in [-0.1, -0.05) is 6.07 Å². The average Bonchev–Trinajstić information content (AvgIpc) is 2.70. The Balaban J connectivity index is 1.91. The van der Waals surface area contributed by atoms with Gasteiger partial charge in [0.25, 0.3) is 0 Å². The zero-order valence-electron chi connectivity index (χ0n) is 9.90. The molecule has 0 bridgehead atoms. The lowest BCUT2D eigenvalue weighted by Gasteiger charge is -2.15. The summed E-state index contributed by atoms with van der Waals surface area (Å²) < 4.78 is 25.8. The van der Waals surface area contributed by atoms with E-state index in [2.05, 4.69) is 4.90 Å². The summed E-state index contributed by atoms with van der Waals surface area (Å²) in [6, 6.07) is 3.87. The van der Waals surface area contributed by atoms with Crippen molar-refractivity contribution in [3.63, 3.8) is 0 Å². The van der Waals surface area contributed by atoms with E-state index in [4.69, 9.17) is 5.11 Å². The molecule has 3 nitrogen and oxygen atoms in total. The molecule has 0 amide bonds. The van der Waals surface area contributed by atoms with Gasteiger partial charge >= 0.3 is 5.97 Å². The van der Waals surface area contributed by atoms with E-state index < -0.39 is 17.6 Å².